The molecule has 1 aromatic carbocycles. The van der Waals surface area contributed by atoms with Crippen molar-refractivity contribution >= 4 is 39.5 Å². The smallest absolute Gasteiger partial charge is 0.193 e. The number of aryl methyl sites for hydroxylation is 1. The van der Waals surface area contributed by atoms with E-state index < -0.39 is 0 Å². The zero-order valence-electron chi connectivity index (χ0n) is 11.7. The number of nitrogens with zero attached hydrogens (tertiary/aromatic N) is 2. The van der Waals surface area contributed by atoms with Crippen LogP contribution in [-0.2, 0) is 11.8 Å². The molecule has 0 aliphatic rings. The van der Waals surface area contributed by atoms with E-state index in [0.29, 0.717) is 11.8 Å². The standard InChI is InChI=1S/C16H16Cl2N2S/c1-12-3-2-4-13(7-12)16(10-17,11-18)8-14-9-20-5-6-21-15(20)19-14/h2-7,9H,8,10-11H2,1H3. The van der Waals surface area contributed by atoms with Crippen LogP contribution in [0.25, 0.3) is 4.96 Å². The van der Waals surface area contributed by atoms with Crippen molar-refractivity contribution in [2.75, 3.05) is 11.8 Å². The van der Waals surface area contributed by atoms with E-state index in [9.17, 15) is 0 Å². The second-order valence-corrected chi connectivity index (χ2v) is 6.83. The second-order valence-electron chi connectivity index (χ2n) is 5.42. The number of fused-ring (bicyclic) bond motifs is 1. The van der Waals surface area contributed by atoms with Crippen LogP contribution in [0.5, 0.6) is 0 Å². The third-order valence-electron chi connectivity index (χ3n) is 3.80. The Morgan fingerprint density at radius 2 is 2.10 bits per heavy atom. The molecule has 5 heteroatoms. The highest BCUT2D eigenvalue weighted by Crippen LogP contribution is 2.32. The van der Waals surface area contributed by atoms with E-state index in [1.165, 1.54) is 11.1 Å². The fourth-order valence-electron chi connectivity index (χ4n) is 2.57. The summed E-state index contributed by atoms with van der Waals surface area (Å²) in [7, 11) is 0. The van der Waals surface area contributed by atoms with Crippen LogP contribution in [-0.4, -0.2) is 21.1 Å². The Morgan fingerprint density at radius 3 is 2.76 bits per heavy atom. The molecule has 0 bridgehead atoms. The van der Waals surface area contributed by atoms with Crippen LogP contribution in [0.15, 0.2) is 42.0 Å². The number of benzene rings is 1. The monoisotopic (exact) mass is 338 g/mol. The number of imidazole rings is 1. The molecule has 0 radical (unpaired) electrons. The number of thiazole rings is 1. The average molecular weight is 339 g/mol. The lowest BCUT2D eigenvalue weighted by Gasteiger charge is -2.29. The van der Waals surface area contributed by atoms with Crippen molar-refractivity contribution in [3.63, 3.8) is 0 Å². The Hall–Kier alpha value is -1.03. The molecule has 110 valence electrons. The van der Waals surface area contributed by atoms with E-state index in [4.69, 9.17) is 23.2 Å². The predicted molar refractivity (Wildman–Crippen MR) is 91.1 cm³/mol. The van der Waals surface area contributed by atoms with Crippen molar-refractivity contribution in [1.82, 2.24) is 9.38 Å². The summed E-state index contributed by atoms with van der Waals surface area (Å²) in [5, 5.41) is 2.03. The molecule has 21 heavy (non-hydrogen) atoms. The SMILES string of the molecule is Cc1cccc(C(CCl)(CCl)Cc2cn3ccsc3n2)c1. The summed E-state index contributed by atoms with van der Waals surface area (Å²) >= 11 is 14.3. The predicted octanol–water partition coefficient (Wildman–Crippen LogP) is 4.66. The first-order chi connectivity index (χ1) is 10.2. The van der Waals surface area contributed by atoms with Gasteiger partial charge in [0, 0.05) is 41.4 Å². The number of rotatable bonds is 5. The lowest BCUT2D eigenvalue weighted by Crippen LogP contribution is -2.33. The van der Waals surface area contributed by atoms with Gasteiger partial charge in [-0.3, -0.25) is 4.40 Å². The molecule has 2 nitrogen and oxygen atoms in total. The molecule has 3 aromatic rings. The number of hydrogen-bond acceptors (Lipinski definition) is 2. The van der Waals surface area contributed by atoms with Crippen LogP contribution >= 0.6 is 34.5 Å². The molecule has 0 amide bonds. The van der Waals surface area contributed by atoms with Gasteiger partial charge in [-0.05, 0) is 12.5 Å². The second kappa shape index (κ2) is 5.99. The summed E-state index contributed by atoms with van der Waals surface area (Å²) in [6.45, 7) is 2.09. The molecule has 0 unspecified atom stereocenters. The molecule has 0 aliphatic carbocycles. The average Bonchev–Trinajstić information content (AvgIpc) is 3.06. The molecule has 0 N–H and O–H groups in total. The van der Waals surface area contributed by atoms with E-state index >= 15 is 0 Å². The zero-order valence-corrected chi connectivity index (χ0v) is 14.0. The summed E-state index contributed by atoms with van der Waals surface area (Å²) in [6, 6.07) is 8.42. The van der Waals surface area contributed by atoms with E-state index in [2.05, 4.69) is 42.4 Å². The van der Waals surface area contributed by atoms with Gasteiger partial charge < -0.3 is 0 Å². The maximum absolute atomic E-state index is 6.32. The van der Waals surface area contributed by atoms with Crippen LogP contribution in [0.3, 0.4) is 0 Å². The maximum atomic E-state index is 6.32. The minimum atomic E-state index is -0.279. The van der Waals surface area contributed by atoms with Gasteiger partial charge in [-0.25, -0.2) is 4.98 Å². The van der Waals surface area contributed by atoms with Crippen molar-refractivity contribution in [1.29, 1.82) is 0 Å². The first-order valence-corrected chi connectivity index (χ1v) is 8.72. The van der Waals surface area contributed by atoms with E-state index in [1.807, 2.05) is 16.0 Å². The molecule has 0 fully saturated rings. The van der Waals surface area contributed by atoms with Gasteiger partial charge in [0.2, 0.25) is 0 Å². The molecule has 0 atom stereocenters. The van der Waals surface area contributed by atoms with E-state index in [-0.39, 0.29) is 5.41 Å². The molecule has 3 rings (SSSR count). The minimum absolute atomic E-state index is 0.279. The summed E-state index contributed by atoms with van der Waals surface area (Å²) < 4.78 is 2.05. The summed E-state index contributed by atoms with van der Waals surface area (Å²) in [5.74, 6) is 0.955. The molecule has 0 saturated carbocycles. The van der Waals surface area contributed by atoms with E-state index in [1.54, 1.807) is 11.3 Å². The number of halogens is 2. The van der Waals surface area contributed by atoms with Crippen molar-refractivity contribution < 1.29 is 0 Å². The lowest BCUT2D eigenvalue weighted by atomic mass is 9.79. The topological polar surface area (TPSA) is 17.3 Å². The molecular weight excluding hydrogens is 323 g/mol. The molecule has 2 aromatic heterocycles. The van der Waals surface area contributed by atoms with Crippen LogP contribution in [0, 0.1) is 6.92 Å². The third kappa shape index (κ3) is 2.83. The van der Waals surface area contributed by atoms with Crippen molar-refractivity contribution in [3.8, 4) is 0 Å². The fraction of sp³-hybridized carbons (Fsp3) is 0.312. The highest BCUT2D eigenvalue weighted by atomic mass is 35.5. The Bertz CT molecular complexity index is 715. The first-order valence-electron chi connectivity index (χ1n) is 6.77. The van der Waals surface area contributed by atoms with Gasteiger partial charge >= 0.3 is 0 Å². The van der Waals surface area contributed by atoms with Gasteiger partial charge in [-0.1, -0.05) is 29.8 Å². The summed E-state index contributed by atoms with van der Waals surface area (Å²) in [5.41, 5.74) is 3.16. The molecule has 2 heterocycles. The Morgan fingerprint density at radius 1 is 1.29 bits per heavy atom. The van der Waals surface area contributed by atoms with Gasteiger partial charge in [0.15, 0.2) is 4.96 Å². The Labute approximate surface area is 138 Å². The number of aromatic nitrogens is 2. The van der Waals surface area contributed by atoms with Gasteiger partial charge in [-0.2, -0.15) is 0 Å². The Kier molecular flexibility index (Phi) is 4.25. The highest BCUT2D eigenvalue weighted by molar-refractivity contribution is 7.15. The van der Waals surface area contributed by atoms with Gasteiger partial charge in [0.1, 0.15) is 0 Å². The molecule has 0 aliphatic heterocycles. The number of hydrogen-bond donors (Lipinski definition) is 0. The largest absolute Gasteiger partial charge is 0.297 e. The minimum Gasteiger partial charge on any atom is -0.297 e. The number of alkyl halides is 2. The quantitative estimate of drug-likeness (QED) is 0.618. The van der Waals surface area contributed by atoms with Crippen LogP contribution in [0.4, 0.5) is 0 Å². The van der Waals surface area contributed by atoms with Gasteiger partial charge in [0.25, 0.3) is 0 Å². The lowest BCUT2D eigenvalue weighted by molar-refractivity contribution is 0.530. The molecule has 0 spiro atoms. The Balaban J connectivity index is 1.98. The molecule has 0 saturated heterocycles. The van der Waals surface area contributed by atoms with Crippen LogP contribution < -0.4 is 0 Å². The molecular formula is C16H16Cl2N2S. The summed E-state index contributed by atoms with van der Waals surface area (Å²) in [6.07, 6.45) is 4.83. The summed E-state index contributed by atoms with van der Waals surface area (Å²) in [4.78, 5) is 5.67. The third-order valence-corrected chi connectivity index (χ3v) is 5.60. The van der Waals surface area contributed by atoms with Crippen molar-refractivity contribution in [2.24, 2.45) is 0 Å². The zero-order chi connectivity index (χ0) is 14.9. The van der Waals surface area contributed by atoms with Gasteiger partial charge in [-0.15, -0.1) is 34.5 Å². The first kappa shape index (κ1) is 14.9. The highest BCUT2D eigenvalue weighted by Gasteiger charge is 2.32. The van der Waals surface area contributed by atoms with Crippen LogP contribution in [0.1, 0.15) is 16.8 Å². The van der Waals surface area contributed by atoms with Crippen LogP contribution in [0.2, 0.25) is 0 Å². The normalized spacial score (nSPS) is 12.1. The maximum Gasteiger partial charge on any atom is 0.193 e. The van der Waals surface area contributed by atoms with Gasteiger partial charge in [0.05, 0.1) is 5.69 Å². The van der Waals surface area contributed by atoms with Crippen molar-refractivity contribution in [2.45, 2.75) is 18.8 Å². The van der Waals surface area contributed by atoms with Crippen molar-refractivity contribution in [3.05, 3.63) is 58.9 Å². The fourth-order valence-corrected chi connectivity index (χ4v) is 4.07. The van der Waals surface area contributed by atoms with E-state index in [0.717, 1.165) is 17.1 Å².